The molecule has 2 amide bonds. The summed E-state index contributed by atoms with van der Waals surface area (Å²) in [6.45, 7) is 7.29. The molecule has 1 aromatic carbocycles. The predicted octanol–water partition coefficient (Wildman–Crippen LogP) is 4.19. The monoisotopic (exact) mass is 453 g/mol. The molecule has 2 saturated heterocycles. The van der Waals surface area contributed by atoms with Gasteiger partial charge in [-0.05, 0) is 81.8 Å². The highest BCUT2D eigenvalue weighted by atomic mass is 19.4. The lowest BCUT2D eigenvalue weighted by Crippen LogP contribution is -2.43. The molecular formula is C24H34F3N3O2. The molecule has 0 aliphatic carbocycles. The third-order valence-electron chi connectivity index (χ3n) is 6.55. The topological polar surface area (TPSA) is 52.7 Å². The normalized spacial score (nSPS) is 20.9. The van der Waals surface area contributed by atoms with Crippen LogP contribution in [0.15, 0.2) is 24.3 Å². The highest BCUT2D eigenvalue weighted by Crippen LogP contribution is 2.29. The number of amides is 2. The van der Waals surface area contributed by atoms with Crippen molar-refractivity contribution in [1.82, 2.24) is 15.1 Å². The van der Waals surface area contributed by atoms with Crippen LogP contribution in [0.4, 0.5) is 13.2 Å². The molecule has 1 unspecified atom stereocenters. The Kier molecular flexibility index (Phi) is 8.57. The van der Waals surface area contributed by atoms with Gasteiger partial charge in [-0.1, -0.05) is 6.92 Å². The Morgan fingerprint density at radius 1 is 1.03 bits per heavy atom. The van der Waals surface area contributed by atoms with Crippen LogP contribution in [0, 0.1) is 11.8 Å². The molecule has 2 heterocycles. The van der Waals surface area contributed by atoms with Crippen molar-refractivity contribution in [3.05, 3.63) is 35.4 Å². The third-order valence-corrected chi connectivity index (χ3v) is 6.55. The van der Waals surface area contributed by atoms with Crippen molar-refractivity contribution in [3.8, 4) is 0 Å². The van der Waals surface area contributed by atoms with Gasteiger partial charge in [-0.3, -0.25) is 9.59 Å². The van der Waals surface area contributed by atoms with E-state index >= 15 is 0 Å². The van der Waals surface area contributed by atoms with Crippen molar-refractivity contribution < 1.29 is 22.8 Å². The fourth-order valence-electron chi connectivity index (χ4n) is 4.64. The molecule has 0 bridgehead atoms. The Hall–Kier alpha value is -2.09. The van der Waals surface area contributed by atoms with Gasteiger partial charge < -0.3 is 15.1 Å². The van der Waals surface area contributed by atoms with Crippen LogP contribution >= 0.6 is 0 Å². The van der Waals surface area contributed by atoms with Crippen LogP contribution in [0.5, 0.6) is 0 Å². The number of hydrogen-bond donors (Lipinski definition) is 1. The molecule has 178 valence electrons. The van der Waals surface area contributed by atoms with Gasteiger partial charge in [0.1, 0.15) is 0 Å². The van der Waals surface area contributed by atoms with E-state index in [2.05, 4.69) is 17.1 Å². The molecular weight excluding hydrogens is 419 g/mol. The summed E-state index contributed by atoms with van der Waals surface area (Å²) in [4.78, 5) is 29.2. The largest absolute Gasteiger partial charge is 0.416 e. The second kappa shape index (κ2) is 11.2. The molecule has 0 saturated carbocycles. The molecule has 0 radical (unpaired) electrons. The van der Waals surface area contributed by atoms with Crippen LogP contribution in [0.1, 0.15) is 61.4 Å². The number of carbonyl (C=O) groups is 2. The molecule has 8 heteroatoms. The zero-order valence-corrected chi connectivity index (χ0v) is 18.8. The van der Waals surface area contributed by atoms with E-state index in [0.717, 1.165) is 37.4 Å². The van der Waals surface area contributed by atoms with Gasteiger partial charge in [0, 0.05) is 37.7 Å². The number of rotatable bonds is 7. The molecule has 32 heavy (non-hydrogen) atoms. The number of carbonyl (C=O) groups excluding carboxylic acids is 2. The Morgan fingerprint density at radius 2 is 1.72 bits per heavy atom. The Morgan fingerprint density at radius 3 is 2.34 bits per heavy atom. The van der Waals surface area contributed by atoms with Gasteiger partial charge in [0.15, 0.2) is 0 Å². The molecule has 3 rings (SSSR count). The standard InChI is InChI=1S/C24H34F3N3O2/c1-18-5-4-14-29(17-18)13-3-2-12-28-22(31)19-10-15-30(16-11-19)23(32)20-6-8-21(9-7-20)24(25,26)27/h6-9,18-19H,2-5,10-17H2,1H3,(H,28,31). The summed E-state index contributed by atoms with van der Waals surface area (Å²) in [5.74, 6) is 0.415. The summed E-state index contributed by atoms with van der Waals surface area (Å²) in [5, 5.41) is 3.03. The zero-order chi connectivity index (χ0) is 23.1. The Balaban J connectivity index is 1.34. The van der Waals surface area contributed by atoms with E-state index in [1.165, 1.54) is 38.1 Å². The summed E-state index contributed by atoms with van der Waals surface area (Å²) >= 11 is 0. The van der Waals surface area contributed by atoms with Crippen molar-refractivity contribution in [2.24, 2.45) is 11.8 Å². The van der Waals surface area contributed by atoms with Gasteiger partial charge in [0.05, 0.1) is 5.56 Å². The second-order valence-corrected chi connectivity index (χ2v) is 9.19. The van der Waals surface area contributed by atoms with Gasteiger partial charge in [-0.15, -0.1) is 0 Å². The number of nitrogens with zero attached hydrogens (tertiary/aromatic N) is 2. The van der Waals surface area contributed by atoms with Crippen LogP contribution in [0.3, 0.4) is 0 Å². The molecule has 1 aromatic rings. The molecule has 1 atom stereocenters. The molecule has 0 aromatic heterocycles. The van der Waals surface area contributed by atoms with E-state index in [0.29, 0.717) is 32.5 Å². The van der Waals surface area contributed by atoms with Crippen LogP contribution in [-0.4, -0.2) is 60.9 Å². The predicted molar refractivity (Wildman–Crippen MR) is 117 cm³/mol. The van der Waals surface area contributed by atoms with E-state index < -0.39 is 11.7 Å². The average molecular weight is 454 g/mol. The van der Waals surface area contributed by atoms with Crippen LogP contribution < -0.4 is 5.32 Å². The van der Waals surface area contributed by atoms with Crippen molar-refractivity contribution in [2.75, 3.05) is 39.3 Å². The average Bonchev–Trinajstić information content (AvgIpc) is 2.78. The van der Waals surface area contributed by atoms with E-state index in [1.807, 2.05) is 0 Å². The van der Waals surface area contributed by atoms with E-state index in [9.17, 15) is 22.8 Å². The minimum Gasteiger partial charge on any atom is -0.356 e. The number of likely N-dealkylation sites (tertiary alicyclic amines) is 2. The molecule has 5 nitrogen and oxygen atoms in total. The SMILES string of the molecule is CC1CCCN(CCCCNC(=O)C2CCN(C(=O)c3ccc(C(F)(F)F)cc3)CC2)C1. The van der Waals surface area contributed by atoms with Crippen LogP contribution in [0.25, 0.3) is 0 Å². The molecule has 2 aliphatic rings. The lowest BCUT2D eigenvalue weighted by molar-refractivity contribution is -0.137. The number of halogens is 3. The minimum absolute atomic E-state index is 0.0400. The van der Waals surface area contributed by atoms with Gasteiger partial charge in [0.25, 0.3) is 5.91 Å². The maximum absolute atomic E-state index is 12.7. The highest BCUT2D eigenvalue weighted by Gasteiger charge is 2.31. The van der Waals surface area contributed by atoms with Crippen LogP contribution in [0.2, 0.25) is 0 Å². The summed E-state index contributed by atoms with van der Waals surface area (Å²) in [6, 6.07) is 4.29. The first-order valence-corrected chi connectivity index (χ1v) is 11.7. The quantitative estimate of drug-likeness (QED) is 0.630. The fourth-order valence-corrected chi connectivity index (χ4v) is 4.64. The molecule has 1 N–H and O–H groups in total. The number of alkyl halides is 3. The smallest absolute Gasteiger partial charge is 0.356 e. The van der Waals surface area contributed by atoms with Crippen LogP contribution in [-0.2, 0) is 11.0 Å². The Labute approximate surface area is 188 Å². The maximum Gasteiger partial charge on any atom is 0.416 e. The number of hydrogen-bond acceptors (Lipinski definition) is 3. The molecule has 2 aliphatic heterocycles. The Bertz CT molecular complexity index is 759. The van der Waals surface area contributed by atoms with Gasteiger partial charge in [-0.25, -0.2) is 0 Å². The summed E-state index contributed by atoms with van der Waals surface area (Å²) < 4.78 is 38.1. The summed E-state index contributed by atoms with van der Waals surface area (Å²) in [7, 11) is 0. The van der Waals surface area contributed by atoms with E-state index in [-0.39, 0.29) is 23.3 Å². The fraction of sp³-hybridized carbons (Fsp3) is 0.667. The minimum atomic E-state index is -4.42. The van der Waals surface area contributed by atoms with Gasteiger partial charge in [-0.2, -0.15) is 13.2 Å². The number of benzene rings is 1. The lowest BCUT2D eigenvalue weighted by Gasteiger charge is -2.31. The summed E-state index contributed by atoms with van der Waals surface area (Å²) in [6.07, 6.45) is 1.36. The van der Waals surface area contributed by atoms with Crippen molar-refractivity contribution >= 4 is 11.8 Å². The van der Waals surface area contributed by atoms with Gasteiger partial charge >= 0.3 is 6.18 Å². The highest BCUT2D eigenvalue weighted by molar-refractivity contribution is 5.94. The first-order chi connectivity index (χ1) is 15.2. The van der Waals surface area contributed by atoms with Crippen molar-refractivity contribution in [1.29, 1.82) is 0 Å². The van der Waals surface area contributed by atoms with E-state index in [4.69, 9.17) is 0 Å². The van der Waals surface area contributed by atoms with Crippen molar-refractivity contribution in [3.63, 3.8) is 0 Å². The van der Waals surface area contributed by atoms with E-state index in [1.54, 1.807) is 4.90 Å². The van der Waals surface area contributed by atoms with Crippen molar-refractivity contribution in [2.45, 2.75) is 51.6 Å². The third kappa shape index (κ3) is 6.95. The van der Waals surface area contributed by atoms with Gasteiger partial charge in [0.2, 0.25) is 5.91 Å². The summed E-state index contributed by atoms with van der Waals surface area (Å²) in [5.41, 5.74) is -0.529. The lowest BCUT2D eigenvalue weighted by atomic mass is 9.95. The molecule has 2 fully saturated rings. The number of unbranched alkanes of at least 4 members (excludes halogenated alkanes) is 1. The first kappa shape index (κ1) is 24.6. The second-order valence-electron chi connectivity index (χ2n) is 9.19. The first-order valence-electron chi connectivity index (χ1n) is 11.7. The molecule has 0 spiro atoms. The number of piperidine rings is 2. The number of nitrogens with one attached hydrogen (secondary N) is 1. The zero-order valence-electron chi connectivity index (χ0n) is 18.8. The maximum atomic E-state index is 12.7.